The Balaban J connectivity index is 2.39. The van der Waals surface area contributed by atoms with Crippen LogP contribution in [0.3, 0.4) is 0 Å². The van der Waals surface area contributed by atoms with E-state index in [1.807, 2.05) is 12.1 Å². The smallest absolute Gasteiger partial charge is 0.125 e. The molecule has 0 radical (unpaired) electrons. The van der Waals surface area contributed by atoms with Crippen molar-refractivity contribution < 1.29 is 4.74 Å². The highest BCUT2D eigenvalue weighted by Gasteiger charge is 2.01. The first-order valence-corrected chi connectivity index (χ1v) is 7.37. The first kappa shape index (κ1) is 16.4. The van der Waals surface area contributed by atoms with Gasteiger partial charge >= 0.3 is 0 Å². The molecule has 1 atom stereocenters. The average Bonchev–Trinajstić information content (AvgIpc) is 2.44. The summed E-state index contributed by atoms with van der Waals surface area (Å²) in [6.07, 6.45) is 2.20. The highest BCUT2D eigenvalue weighted by Crippen LogP contribution is 2.15. The number of hydrogen-bond acceptors (Lipinski definition) is 2. The summed E-state index contributed by atoms with van der Waals surface area (Å²) in [7, 11) is 0. The number of halogens is 2. The normalized spacial score (nSPS) is 13.4. The topological polar surface area (TPSA) is 21.3 Å². The van der Waals surface area contributed by atoms with Crippen molar-refractivity contribution >= 4 is 23.2 Å². The molecule has 1 rings (SSSR count). The van der Waals surface area contributed by atoms with Gasteiger partial charge in [0.25, 0.3) is 0 Å². The van der Waals surface area contributed by atoms with Crippen molar-refractivity contribution in [2.24, 2.45) is 0 Å². The van der Waals surface area contributed by atoms with Gasteiger partial charge in [0.15, 0.2) is 0 Å². The first-order chi connectivity index (χ1) is 9.15. The predicted octanol–water partition coefficient (Wildman–Crippen LogP) is 4.32. The molecule has 0 amide bonds. The lowest BCUT2D eigenvalue weighted by molar-refractivity contribution is 0.359. The molecule has 0 aliphatic rings. The lowest BCUT2D eigenvalue weighted by atomic mass is 10.1. The van der Waals surface area contributed by atoms with Gasteiger partial charge in [0.05, 0.1) is 5.03 Å². The van der Waals surface area contributed by atoms with Crippen molar-refractivity contribution in [3.63, 3.8) is 0 Å². The Bertz CT molecular complexity index is 390. The highest BCUT2D eigenvalue weighted by atomic mass is 35.5. The van der Waals surface area contributed by atoms with Crippen molar-refractivity contribution in [2.75, 3.05) is 13.2 Å². The van der Waals surface area contributed by atoms with Gasteiger partial charge in [-0.2, -0.15) is 0 Å². The summed E-state index contributed by atoms with van der Waals surface area (Å²) in [5.74, 6) is 0.806. The van der Waals surface area contributed by atoms with Gasteiger partial charge in [0.1, 0.15) is 12.4 Å². The van der Waals surface area contributed by atoms with Gasteiger partial charge in [-0.15, -0.1) is 0 Å². The van der Waals surface area contributed by atoms with E-state index in [9.17, 15) is 0 Å². The van der Waals surface area contributed by atoms with Gasteiger partial charge in [-0.25, -0.2) is 0 Å². The minimum Gasteiger partial charge on any atom is -0.488 e. The molecule has 0 saturated heterocycles. The molecule has 106 valence electrons. The molecule has 2 nitrogen and oxygen atoms in total. The standard InChI is InChI=1S/C15H21Cl2NO/c1-3-18-12(2)4-5-13-6-8-15(9-7-13)19-11-14(17)10-16/h6-10,12,18H,3-5,11H2,1-2H3. The molecule has 1 unspecified atom stereocenters. The fourth-order valence-electron chi connectivity index (χ4n) is 1.77. The molecule has 1 N–H and O–H groups in total. The summed E-state index contributed by atoms with van der Waals surface area (Å²) < 4.78 is 5.48. The van der Waals surface area contributed by atoms with E-state index >= 15 is 0 Å². The Morgan fingerprint density at radius 1 is 1.37 bits per heavy atom. The van der Waals surface area contributed by atoms with Crippen LogP contribution in [0.2, 0.25) is 0 Å². The van der Waals surface area contributed by atoms with Gasteiger partial charge < -0.3 is 10.1 Å². The number of nitrogens with one attached hydrogen (secondary N) is 1. The molecular formula is C15H21Cl2NO. The van der Waals surface area contributed by atoms with Gasteiger partial charge in [-0.1, -0.05) is 42.3 Å². The van der Waals surface area contributed by atoms with Crippen LogP contribution in [-0.2, 0) is 6.42 Å². The predicted molar refractivity (Wildman–Crippen MR) is 83.2 cm³/mol. The summed E-state index contributed by atoms with van der Waals surface area (Å²) in [4.78, 5) is 0. The van der Waals surface area contributed by atoms with Crippen molar-refractivity contribution in [3.05, 3.63) is 40.4 Å². The van der Waals surface area contributed by atoms with Gasteiger partial charge in [0, 0.05) is 11.6 Å². The molecule has 0 spiro atoms. The van der Waals surface area contributed by atoms with Gasteiger partial charge in [0.2, 0.25) is 0 Å². The molecule has 0 aliphatic heterocycles. The van der Waals surface area contributed by atoms with Crippen LogP contribution >= 0.6 is 23.2 Å². The average molecular weight is 302 g/mol. The Labute approximate surface area is 125 Å². The van der Waals surface area contributed by atoms with Gasteiger partial charge in [-0.3, -0.25) is 0 Å². The van der Waals surface area contributed by atoms with Crippen LogP contribution < -0.4 is 10.1 Å². The SMILES string of the molecule is CCNC(C)CCc1ccc(OCC(Cl)=CCl)cc1. The fourth-order valence-corrected chi connectivity index (χ4v) is 1.89. The van der Waals surface area contributed by atoms with Crippen molar-refractivity contribution in [1.82, 2.24) is 5.32 Å². The minimum atomic E-state index is 0.307. The number of benzene rings is 1. The zero-order chi connectivity index (χ0) is 14.1. The number of rotatable bonds is 8. The van der Waals surface area contributed by atoms with Crippen molar-refractivity contribution in [2.45, 2.75) is 32.7 Å². The molecule has 1 aromatic carbocycles. The Hall–Kier alpha value is -0.700. The summed E-state index contributed by atoms with van der Waals surface area (Å²) in [5.41, 5.74) is 2.63. The second-order valence-corrected chi connectivity index (χ2v) is 5.19. The second-order valence-electron chi connectivity index (χ2n) is 4.49. The zero-order valence-corrected chi connectivity index (χ0v) is 13.0. The summed E-state index contributed by atoms with van der Waals surface area (Å²) in [6, 6.07) is 8.66. The maximum atomic E-state index is 5.76. The largest absolute Gasteiger partial charge is 0.488 e. The molecule has 0 aliphatic carbocycles. The zero-order valence-electron chi connectivity index (χ0n) is 11.5. The molecule has 0 aromatic heterocycles. The van der Waals surface area contributed by atoms with E-state index in [1.165, 1.54) is 11.1 Å². The molecule has 0 saturated carbocycles. The molecule has 0 fully saturated rings. The molecule has 19 heavy (non-hydrogen) atoms. The monoisotopic (exact) mass is 301 g/mol. The lowest BCUT2D eigenvalue weighted by Crippen LogP contribution is -2.25. The molecule has 0 heterocycles. The second kappa shape index (κ2) is 9.24. The molecule has 1 aromatic rings. The van der Waals surface area contributed by atoms with Crippen LogP contribution in [0.4, 0.5) is 0 Å². The lowest BCUT2D eigenvalue weighted by Gasteiger charge is -2.12. The van der Waals surface area contributed by atoms with Crippen molar-refractivity contribution in [1.29, 1.82) is 0 Å². The minimum absolute atomic E-state index is 0.307. The van der Waals surface area contributed by atoms with Gasteiger partial charge in [-0.05, 0) is 44.0 Å². The van der Waals surface area contributed by atoms with E-state index in [1.54, 1.807) is 0 Å². The van der Waals surface area contributed by atoms with E-state index in [-0.39, 0.29) is 0 Å². The third-order valence-electron chi connectivity index (χ3n) is 2.84. The Kier molecular flexibility index (Phi) is 7.96. The summed E-state index contributed by atoms with van der Waals surface area (Å²) in [5, 5.41) is 3.90. The Morgan fingerprint density at radius 3 is 2.63 bits per heavy atom. The first-order valence-electron chi connectivity index (χ1n) is 6.55. The van der Waals surface area contributed by atoms with Crippen LogP contribution in [-0.4, -0.2) is 19.2 Å². The molecule has 0 bridgehead atoms. The Morgan fingerprint density at radius 2 is 2.05 bits per heavy atom. The van der Waals surface area contributed by atoms with E-state index in [4.69, 9.17) is 27.9 Å². The molecule has 4 heteroatoms. The van der Waals surface area contributed by atoms with Crippen molar-refractivity contribution in [3.8, 4) is 5.75 Å². The van der Waals surface area contributed by atoms with Crippen LogP contribution in [0.15, 0.2) is 34.8 Å². The third-order valence-corrected chi connectivity index (χ3v) is 3.43. The summed E-state index contributed by atoms with van der Waals surface area (Å²) in [6.45, 7) is 5.66. The maximum absolute atomic E-state index is 5.76. The van der Waals surface area contributed by atoms with Crippen LogP contribution in [0, 0.1) is 0 Å². The van der Waals surface area contributed by atoms with Crippen LogP contribution in [0.1, 0.15) is 25.8 Å². The van der Waals surface area contributed by atoms with E-state index in [2.05, 4.69) is 31.3 Å². The van der Waals surface area contributed by atoms with E-state index < -0.39 is 0 Å². The van der Waals surface area contributed by atoms with Crippen LogP contribution in [0.5, 0.6) is 5.75 Å². The highest BCUT2D eigenvalue weighted by molar-refractivity contribution is 6.36. The third kappa shape index (κ3) is 6.86. The number of ether oxygens (including phenoxy) is 1. The van der Waals surface area contributed by atoms with E-state index in [0.717, 1.165) is 25.1 Å². The quantitative estimate of drug-likeness (QED) is 0.772. The van der Waals surface area contributed by atoms with Crippen LogP contribution in [0.25, 0.3) is 0 Å². The summed E-state index contributed by atoms with van der Waals surface area (Å²) >= 11 is 11.2. The molecular weight excluding hydrogens is 281 g/mol. The fraction of sp³-hybridized carbons (Fsp3) is 0.467. The number of aryl methyl sites for hydroxylation is 1. The van der Waals surface area contributed by atoms with E-state index in [0.29, 0.717) is 17.7 Å². The maximum Gasteiger partial charge on any atom is 0.125 e. The number of hydrogen-bond donors (Lipinski definition) is 1.